The number of nitro groups is 1. The average molecular weight is 287 g/mol. The van der Waals surface area contributed by atoms with E-state index in [4.69, 9.17) is 21.1 Å². The number of hydrogen-bond donors (Lipinski definition) is 1. The maximum Gasteiger partial charge on any atom is 0.310 e. The van der Waals surface area contributed by atoms with Gasteiger partial charge < -0.3 is 14.8 Å². The van der Waals surface area contributed by atoms with E-state index in [-0.39, 0.29) is 16.8 Å². The van der Waals surface area contributed by atoms with E-state index < -0.39 is 10.7 Å². The third-order valence-electron chi connectivity index (χ3n) is 2.76. The summed E-state index contributed by atoms with van der Waals surface area (Å²) in [5.74, 6) is -0.605. The van der Waals surface area contributed by atoms with E-state index >= 15 is 0 Å². The molecular formula is C12H15ClN2O4. The van der Waals surface area contributed by atoms with Crippen LogP contribution in [0.2, 0.25) is 5.02 Å². The summed E-state index contributed by atoms with van der Waals surface area (Å²) < 4.78 is 11.0. The van der Waals surface area contributed by atoms with Crippen LogP contribution in [0, 0.1) is 10.1 Å². The Bertz CT molecular complexity index is 493. The van der Waals surface area contributed by atoms with Gasteiger partial charge in [-0.25, -0.2) is 0 Å². The maximum absolute atomic E-state index is 11.0. The van der Waals surface area contributed by atoms with Gasteiger partial charge in [0, 0.05) is 6.54 Å². The van der Waals surface area contributed by atoms with Crippen molar-refractivity contribution in [1.82, 2.24) is 0 Å². The van der Waals surface area contributed by atoms with E-state index in [0.29, 0.717) is 18.8 Å². The van der Waals surface area contributed by atoms with Gasteiger partial charge in [0.2, 0.25) is 0 Å². The van der Waals surface area contributed by atoms with Crippen molar-refractivity contribution in [1.29, 1.82) is 0 Å². The van der Waals surface area contributed by atoms with Crippen molar-refractivity contribution in [3.63, 3.8) is 0 Å². The molecule has 0 saturated carbocycles. The normalized spacial score (nSPS) is 21.3. The van der Waals surface area contributed by atoms with Crippen LogP contribution in [0.15, 0.2) is 18.2 Å². The molecule has 2 rings (SSSR count). The minimum Gasteiger partial charge on any atom is -0.377 e. The molecule has 1 aromatic rings. The van der Waals surface area contributed by atoms with Gasteiger partial charge >= 0.3 is 5.69 Å². The monoisotopic (exact) mass is 286 g/mol. The summed E-state index contributed by atoms with van der Waals surface area (Å²) in [7, 11) is 0. The zero-order valence-corrected chi connectivity index (χ0v) is 11.4. The van der Waals surface area contributed by atoms with Gasteiger partial charge in [-0.3, -0.25) is 10.1 Å². The van der Waals surface area contributed by atoms with Crippen molar-refractivity contribution < 1.29 is 14.4 Å². The minimum absolute atomic E-state index is 0.110. The molecule has 1 aromatic carbocycles. The number of nitrogens with zero attached hydrogens (tertiary/aromatic N) is 1. The van der Waals surface area contributed by atoms with Crippen LogP contribution in [0.1, 0.15) is 13.8 Å². The fraction of sp³-hybridized carbons (Fsp3) is 0.500. The van der Waals surface area contributed by atoms with Gasteiger partial charge in [0.25, 0.3) is 0 Å². The smallest absolute Gasteiger partial charge is 0.310 e. The quantitative estimate of drug-likeness (QED) is 0.680. The first kappa shape index (κ1) is 14.0. The Balaban J connectivity index is 2.04. The van der Waals surface area contributed by atoms with E-state index in [2.05, 4.69) is 5.32 Å². The van der Waals surface area contributed by atoms with Crippen LogP contribution in [-0.4, -0.2) is 30.0 Å². The van der Waals surface area contributed by atoms with Crippen molar-refractivity contribution in [2.24, 2.45) is 0 Å². The average Bonchev–Trinajstić information content (AvgIpc) is 2.66. The predicted molar refractivity (Wildman–Crippen MR) is 71.5 cm³/mol. The van der Waals surface area contributed by atoms with E-state index in [0.717, 1.165) is 0 Å². The van der Waals surface area contributed by atoms with E-state index in [1.165, 1.54) is 6.07 Å². The molecule has 1 heterocycles. The third kappa shape index (κ3) is 3.34. The molecular weight excluding hydrogens is 272 g/mol. The van der Waals surface area contributed by atoms with E-state index in [1.54, 1.807) is 12.1 Å². The SMILES string of the molecule is CC1(C)OCC(CNc2cccc(Cl)c2[N+](=O)[O-])O1. The zero-order valence-electron chi connectivity index (χ0n) is 10.7. The highest BCUT2D eigenvalue weighted by Gasteiger charge is 2.32. The fourth-order valence-electron chi connectivity index (χ4n) is 1.93. The molecule has 104 valence electrons. The Morgan fingerprint density at radius 2 is 2.32 bits per heavy atom. The van der Waals surface area contributed by atoms with Crippen LogP contribution in [0.5, 0.6) is 0 Å². The molecule has 0 spiro atoms. The van der Waals surface area contributed by atoms with Crippen LogP contribution >= 0.6 is 11.6 Å². The Labute approximate surface area is 115 Å². The summed E-state index contributed by atoms with van der Waals surface area (Å²) in [6.07, 6.45) is -0.145. The molecule has 1 aliphatic rings. The highest BCUT2D eigenvalue weighted by atomic mass is 35.5. The lowest BCUT2D eigenvalue weighted by Gasteiger charge is -2.17. The summed E-state index contributed by atoms with van der Waals surface area (Å²) in [6.45, 7) is 4.53. The van der Waals surface area contributed by atoms with Gasteiger partial charge in [0.15, 0.2) is 5.79 Å². The fourth-order valence-corrected chi connectivity index (χ4v) is 2.17. The second-order valence-electron chi connectivity index (χ2n) is 4.72. The topological polar surface area (TPSA) is 73.6 Å². The second-order valence-corrected chi connectivity index (χ2v) is 5.13. The molecule has 19 heavy (non-hydrogen) atoms. The molecule has 1 N–H and O–H groups in total. The Morgan fingerprint density at radius 3 is 2.89 bits per heavy atom. The van der Waals surface area contributed by atoms with Gasteiger partial charge in [-0.05, 0) is 26.0 Å². The number of rotatable bonds is 4. The lowest BCUT2D eigenvalue weighted by molar-refractivity contribution is -0.383. The summed E-state index contributed by atoms with van der Waals surface area (Å²) >= 11 is 5.83. The van der Waals surface area contributed by atoms with E-state index in [1.807, 2.05) is 13.8 Å². The van der Waals surface area contributed by atoms with Crippen molar-refractivity contribution in [3.05, 3.63) is 33.3 Å². The minimum atomic E-state index is -0.605. The number of nitrogens with one attached hydrogen (secondary N) is 1. The Morgan fingerprint density at radius 1 is 1.58 bits per heavy atom. The number of para-hydroxylation sites is 1. The Kier molecular flexibility index (Phi) is 3.93. The summed E-state index contributed by atoms with van der Waals surface area (Å²) in [5, 5.41) is 14.1. The molecule has 1 atom stereocenters. The number of hydrogen-bond acceptors (Lipinski definition) is 5. The summed E-state index contributed by atoms with van der Waals surface area (Å²) in [5.41, 5.74) is 0.258. The van der Waals surface area contributed by atoms with Gasteiger partial charge in [-0.1, -0.05) is 17.7 Å². The summed E-state index contributed by atoms with van der Waals surface area (Å²) in [4.78, 5) is 10.5. The predicted octanol–water partition coefficient (Wildman–Crippen LogP) is 2.81. The van der Waals surface area contributed by atoms with Crippen LogP contribution in [0.3, 0.4) is 0 Å². The number of benzene rings is 1. The third-order valence-corrected chi connectivity index (χ3v) is 3.06. The molecule has 0 amide bonds. The highest BCUT2D eigenvalue weighted by Crippen LogP contribution is 2.32. The molecule has 0 bridgehead atoms. The molecule has 6 nitrogen and oxygen atoms in total. The second kappa shape index (κ2) is 5.32. The number of anilines is 1. The largest absolute Gasteiger partial charge is 0.377 e. The molecule has 0 aromatic heterocycles. The van der Waals surface area contributed by atoms with Crippen LogP contribution in [0.4, 0.5) is 11.4 Å². The first-order chi connectivity index (χ1) is 8.89. The van der Waals surface area contributed by atoms with Crippen LogP contribution in [-0.2, 0) is 9.47 Å². The Hall–Kier alpha value is -1.37. The number of ether oxygens (including phenoxy) is 2. The molecule has 1 unspecified atom stereocenters. The van der Waals surface area contributed by atoms with Crippen molar-refractivity contribution in [2.45, 2.75) is 25.7 Å². The van der Waals surface area contributed by atoms with Crippen molar-refractivity contribution in [3.8, 4) is 0 Å². The molecule has 1 saturated heterocycles. The molecule has 1 aliphatic heterocycles. The van der Waals surface area contributed by atoms with Gasteiger partial charge in [0.05, 0.1) is 11.5 Å². The molecule has 0 aliphatic carbocycles. The lowest BCUT2D eigenvalue weighted by atomic mass is 10.2. The van der Waals surface area contributed by atoms with Crippen LogP contribution in [0.25, 0.3) is 0 Å². The van der Waals surface area contributed by atoms with Gasteiger partial charge in [0.1, 0.15) is 16.8 Å². The van der Waals surface area contributed by atoms with Gasteiger partial charge in [-0.15, -0.1) is 0 Å². The van der Waals surface area contributed by atoms with Crippen LogP contribution < -0.4 is 5.32 Å². The zero-order chi connectivity index (χ0) is 14.0. The number of halogens is 1. The van der Waals surface area contributed by atoms with Crippen molar-refractivity contribution >= 4 is 23.0 Å². The summed E-state index contributed by atoms with van der Waals surface area (Å²) in [6, 6.07) is 4.77. The number of nitro benzene ring substituents is 1. The first-order valence-electron chi connectivity index (χ1n) is 5.87. The molecule has 0 radical (unpaired) electrons. The van der Waals surface area contributed by atoms with Gasteiger partial charge in [-0.2, -0.15) is 0 Å². The maximum atomic E-state index is 11.0. The van der Waals surface area contributed by atoms with E-state index in [9.17, 15) is 10.1 Å². The highest BCUT2D eigenvalue weighted by molar-refractivity contribution is 6.33. The standard InChI is InChI=1S/C12H15ClN2O4/c1-12(2)18-7-8(19-12)6-14-10-5-3-4-9(13)11(10)15(16)17/h3-5,8,14H,6-7H2,1-2H3. The van der Waals surface area contributed by atoms with Crippen molar-refractivity contribution in [2.75, 3.05) is 18.5 Å². The molecule has 1 fully saturated rings. The lowest BCUT2D eigenvalue weighted by Crippen LogP contribution is -2.26. The molecule has 7 heteroatoms. The first-order valence-corrected chi connectivity index (χ1v) is 6.25.